The standard InChI is InChI=1S/C28H31N7O2S/c1-34(2)25-8-7-21(18-31-25)23-6-4-3-5-20(23)17-29-16-19-10-13-35(14-11-19)27-30-12-9-22(32-27)15-24-26(36)33-28(37)38-24/h3-9,12,15,18-19,29H,10-11,13-14,16-17H2,1-2H3,(H,33,36,37). The first-order valence-electron chi connectivity index (χ1n) is 12.7. The third-order valence-electron chi connectivity index (χ3n) is 6.77. The van der Waals surface area contributed by atoms with Crippen molar-refractivity contribution in [3.8, 4) is 11.1 Å². The van der Waals surface area contributed by atoms with Crippen LogP contribution in [0.1, 0.15) is 24.1 Å². The van der Waals surface area contributed by atoms with Crippen molar-refractivity contribution in [1.82, 2.24) is 25.6 Å². The van der Waals surface area contributed by atoms with Crippen molar-refractivity contribution in [1.29, 1.82) is 0 Å². The van der Waals surface area contributed by atoms with Crippen molar-refractivity contribution in [2.75, 3.05) is 43.5 Å². The molecule has 2 saturated heterocycles. The van der Waals surface area contributed by atoms with Crippen LogP contribution in [0.25, 0.3) is 17.2 Å². The molecule has 2 aliphatic heterocycles. The molecule has 196 valence electrons. The Morgan fingerprint density at radius 3 is 2.63 bits per heavy atom. The third kappa shape index (κ3) is 6.20. The van der Waals surface area contributed by atoms with Crippen LogP contribution in [-0.4, -0.2) is 59.8 Å². The van der Waals surface area contributed by atoms with Gasteiger partial charge < -0.3 is 15.1 Å². The molecule has 5 rings (SSSR count). The highest BCUT2D eigenvalue weighted by atomic mass is 32.2. The molecule has 38 heavy (non-hydrogen) atoms. The van der Waals surface area contributed by atoms with Gasteiger partial charge in [-0.3, -0.25) is 14.9 Å². The van der Waals surface area contributed by atoms with Crippen LogP contribution in [0, 0.1) is 5.92 Å². The summed E-state index contributed by atoms with van der Waals surface area (Å²) >= 11 is 0.893. The molecule has 4 heterocycles. The van der Waals surface area contributed by atoms with E-state index in [9.17, 15) is 9.59 Å². The van der Waals surface area contributed by atoms with E-state index in [-0.39, 0.29) is 11.1 Å². The summed E-state index contributed by atoms with van der Waals surface area (Å²) in [5.74, 6) is 1.80. The minimum atomic E-state index is -0.380. The fraction of sp³-hybridized carbons (Fsp3) is 0.321. The molecular formula is C28H31N7O2S. The number of imide groups is 1. The number of amides is 2. The third-order valence-corrected chi connectivity index (χ3v) is 7.58. The number of nitrogens with zero attached hydrogens (tertiary/aromatic N) is 5. The summed E-state index contributed by atoms with van der Waals surface area (Å²) < 4.78 is 0. The average Bonchev–Trinajstić information content (AvgIpc) is 3.25. The maximum atomic E-state index is 11.8. The number of aromatic nitrogens is 3. The SMILES string of the molecule is CN(C)c1ccc(-c2ccccc2CNCC2CCN(c3nccc(C=C4SC(=O)NC4=O)n3)CC2)cn1. The molecule has 10 heteroatoms. The topological polar surface area (TPSA) is 103 Å². The Balaban J connectivity index is 1.13. The number of hydrogen-bond donors (Lipinski definition) is 2. The van der Waals surface area contributed by atoms with Crippen molar-refractivity contribution in [2.45, 2.75) is 19.4 Å². The van der Waals surface area contributed by atoms with E-state index in [1.54, 1.807) is 18.3 Å². The smallest absolute Gasteiger partial charge is 0.290 e. The van der Waals surface area contributed by atoms with Crippen LogP contribution in [0.4, 0.5) is 16.6 Å². The fourth-order valence-corrected chi connectivity index (χ4v) is 5.33. The Morgan fingerprint density at radius 2 is 1.92 bits per heavy atom. The van der Waals surface area contributed by atoms with E-state index in [0.29, 0.717) is 22.5 Å². The molecule has 0 radical (unpaired) electrons. The van der Waals surface area contributed by atoms with E-state index in [4.69, 9.17) is 0 Å². The molecule has 0 saturated carbocycles. The second-order valence-electron chi connectivity index (χ2n) is 9.65. The molecule has 0 spiro atoms. The molecule has 0 aliphatic carbocycles. The Kier molecular flexibility index (Phi) is 8.00. The molecule has 0 bridgehead atoms. The first kappa shape index (κ1) is 25.9. The molecule has 9 nitrogen and oxygen atoms in total. The molecule has 2 N–H and O–H groups in total. The van der Waals surface area contributed by atoms with E-state index >= 15 is 0 Å². The lowest BCUT2D eigenvalue weighted by Crippen LogP contribution is -2.38. The monoisotopic (exact) mass is 529 g/mol. The van der Waals surface area contributed by atoms with Crippen LogP contribution in [0.15, 0.2) is 59.8 Å². The number of rotatable bonds is 8. The zero-order valence-corrected chi connectivity index (χ0v) is 22.4. The summed E-state index contributed by atoms with van der Waals surface area (Å²) in [6.07, 6.45) is 7.37. The summed E-state index contributed by atoms with van der Waals surface area (Å²) in [5.41, 5.74) is 4.21. The van der Waals surface area contributed by atoms with Gasteiger partial charge in [-0.25, -0.2) is 15.0 Å². The fourth-order valence-electron chi connectivity index (χ4n) is 4.66. The minimum Gasteiger partial charge on any atom is -0.363 e. The zero-order chi connectivity index (χ0) is 26.5. The van der Waals surface area contributed by atoms with E-state index in [0.717, 1.165) is 62.2 Å². The highest BCUT2D eigenvalue weighted by Gasteiger charge is 2.26. The van der Waals surface area contributed by atoms with Gasteiger partial charge in [-0.15, -0.1) is 0 Å². The van der Waals surface area contributed by atoms with Gasteiger partial charge in [-0.05, 0) is 72.5 Å². The molecule has 1 aromatic carbocycles. The van der Waals surface area contributed by atoms with Crippen molar-refractivity contribution < 1.29 is 9.59 Å². The molecule has 0 unspecified atom stereocenters. The average molecular weight is 530 g/mol. The predicted octanol–water partition coefficient (Wildman–Crippen LogP) is 3.93. The maximum absolute atomic E-state index is 11.8. The van der Waals surface area contributed by atoms with Gasteiger partial charge in [0, 0.05) is 51.7 Å². The van der Waals surface area contributed by atoms with Crippen LogP contribution in [0.5, 0.6) is 0 Å². The molecule has 2 aromatic heterocycles. The highest BCUT2D eigenvalue weighted by Crippen LogP contribution is 2.27. The van der Waals surface area contributed by atoms with Gasteiger partial charge in [-0.1, -0.05) is 24.3 Å². The number of pyridine rings is 1. The van der Waals surface area contributed by atoms with Gasteiger partial charge >= 0.3 is 0 Å². The summed E-state index contributed by atoms with van der Waals surface area (Å²) in [5, 5.41) is 5.58. The largest absolute Gasteiger partial charge is 0.363 e. The normalized spacial score (nSPS) is 17.2. The molecule has 2 amide bonds. The zero-order valence-electron chi connectivity index (χ0n) is 21.6. The second-order valence-corrected chi connectivity index (χ2v) is 10.7. The van der Waals surface area contributed by atoms with Crippen molar-refractivity contribution in [3.05, 3.63) is 71.0 Å². The van der Waals surface area contributed by atoms with Gasteiger partial charge in [0.1, 0.15) is 5.82 Å². The quantitative estimate of drug-likeness (QED) is 0.420. The number of hydrogen-bond acceptors (Lipinski definition) is 9. The Bertz CT molecular complexity index is 1340. The summed E-state index contributed by atoms with van der Waals surface area (Å²) in [7, 11) is 3.99. The van der Waals surface area contributed by atoms with Gasteiger partial charge in [0.15, 0.2) is 0 Å². The summed E-state index contributed by atoms with van der Waals surface area (Å²) in [6, 6.07) is 14.4. The van der Waals surface area contributed by atoms with E-state index in [1.165, 1.54) is 11.1 Å². The number of nitrogens with one attached hydrogen (secondary N) is 2. The summed E-state index contributed by atoms with van der Waals surface area (Å²) in [6.45, 7) is 3.51. The first-order chi connectivity index (χ1) is 18.5. The van der Waals surface area contributed by atoms with Crippen molar-refractivity contribution in [3.63, 3.8) is 0 Å². The number of thioether (sulfide) groups is 1. The Hall–Kier alpha value is -3.76. The maximum Gasteiger partial charge on any atom is 0.290 e. The Morgan fingerprint density at radius 1 is 1.11 bits per heavy atom. The number of benzene rings is 1. The molecule has 2 fully saturated rings. The number of carbonyl (C=O) groups is 2. The van der Waals surface area contributed by atoms with Crippen LogP contribution in [0.3, 0.4) is 0 Å². The van der Waals surface area contributed by atoms with Gasteiger partial charge in [0.05, 0.1) is 10.6 Å². The van der Waals surface area contributed by atoms with E-state index in [2.05, 4.69) is 66.9 Å². The first-order valence-corrected chi connectivity index (χ1v) is 13.5. The molecule has 0 atom stereocenters. The second kappa shape index (κ2) is 11.7. The van der Waals surface area contributed by atoms with E-state index in [1.807, 2.05) is 25.2 Å². The van der Waals surface area contributed by atoms with Crippen molar-refractivity contribution >= 4 is 40.8 Å². The predicted molar refractivity (Wildman–Crippen MR) is 152 cm³/mol. The molecule has 3 aromatic rings. The minimum absolute atomic E-state index is 0.354. The van der Waals surface area contributed by atoms with Crippen LogP contribution in [0.2, 0.25) is 0 Å². The van der Waals surface area contributed by atoms with Gasteiger partial charge in [-0.2, -0.15) is 0 Å². The summed E-state index contributed by atoms with van der Waals surface area (Å²) in [4.78, 5) is 41.4. The Labute approximate surface area is 226 Å². The van der Waals surface area contributed by atoms with Crippen molar-refractivity contribution in [2.24, 2.45) is 5.92 Å². The number of anilines is 2. The van der Waals surface area contributed by atoms with E-state index < -0.39 is 0 Å². The van der Waals surface area contributed by atoms with Crippen LogP contribution < -0.4 is 20.4 Å². The lowest BCUT2D eigenvalue weighted by Gasteiger charge is -2.32. The number of carbonyl (C=O) groups excluding carboxylic acids is 2. The molecular weight excluding hydrogens is 498 g/mol. The lowest BCUT2D eigenvalue weighted by atomic mass is 9.96. The van der Waals surface area contributed by atoms with Crippen LogP contribution in [-0.2, 0) is 11.3 Å². The number of piperidine rings is 1. The molecule has 2 aliphatic rings. The lowest BCUT2D eigenvalue weighted by molar-refractivity contribution is -0.115. The van der Waals surface area contributed by atoms with Crippen LogP contribution >= 0.6 is 11.8 Å². The van der Waals surface area contributed by atoms with Gasteiger partial charge in [0.2, 0.25) is 5.95 Å². The van der Waals surface area contributed by atoms with Gasteiger partial charge in [0.25, 0.3) is 11.1 Å². The highest BCUT2D eigenvalue weighted by molar-refractivity contribution is 8.18.